The van der Waals surface area contributed by atoms with Gasteiger partial charge in [0.05, 0.1) is 5.02 Å². The Bertz CT molecular complexity index is 753. The minimum Gasteiger partial charge on any atom is -0.434 e. The molecule has 0 fully saturated rings. The summed E-state index contributed by atoms with van der Waals surface area (Å²) in [5.41, 5.74) is 0.290. The van der Waals surface area contributed by atoms with Gasteiger partial charge in [-0.3, -0.25) is 0 Å². The normalized spacial score (nSPS) is 11.6. The van der Waals surface area contributed by atoms with Crippen LogP contribution >= 0.6 is 11.6 Å². The highest BCUT2D eigenvalue weighted by Crippen LogP contribution is 2.23. The number of sulfonamides is 1. The number of alkyl halides is 2. The van der Waals surface area contributed by atoms with Gasteiger partial charge in [0.1, 0.15) is 10.6 Å². The van der Waals surface area contributed by atoms with Gasteiger partial charge in [0, 0.05) is 12.1 Å². The molecule has 0 saturated carbocycles. The van der Waals surface area contributed by atoms with E-state index in [1.165, 1.54) is 36.4 Å². The highest BCUT2D eigenvalue weighted by molar-refractivity contribution is 7.89. The Hall–Kier alpha value is -1.70. The van der Waals surface area contributed by atoms with Crippen molar-refractivity contribution >= 4 is 21.6 Å². The molecule has 0 bridgehead atoms. The molecule has 0 spiro atoms. The SMILES string of the molecule is O=S(=O)(NCc1ccccc1OC(F)F)c1ccccc1Cl. The molecular weight excluding hydrogens is 336 g/mol. The molecule has 2 rings (SSSR count). The second-order valence-corrected chi connectivity index (χ2v) is 6.38. The van der Waals surface area contributed by atoms with E-state index in [1.807, 2.05) is 0 Å². The fourth-order valence-electron chi connectivity index (χ4n) is 1.77. The van der Waals surface area contributed by atoms with Crippen LogP contribution in [0.1, 0.15) is 5.56 Å². The van der Waals surface area contributed by atoms with E-state index in [-0.39, 0.29) is 22.2 Å². The van der Waals surface area contributed by atoms with E-state index in [1.54, 1.807) is 12.1 Å². The number of ether oxygens (including phenoxy) is 1. The molecule has 118 valence electrons. The van der Waals surface area contributed by atoms with Crippen LogP contribution in [0.3, 0.4) is 0 Å². The van der Waals surface area contributed by atoms with Crippen LogP contribution in [0, 0.1) is 0 Å². The molecule has 0 saturated heterocycles. The summed E-state index contributed by atoms with van der Waals surface area (Å²) in [5, 5.41) is 0.0760. The maximum absolute atomic E-state index is 12.3. The summed E-state index contributed by atoms with van der Waals surface area (Å²) in [5.74, 6) is -0.0839. The zero-order chi connectivity index (χ0) is 16.2. The third kappa shape index (κ3) is 4.16. The molecule has 0 amide bonds. The van der Waals surface area contributed by atoms with Crippen LogP contribution in [0.25, 0.3) is 0 Å². The van der Waals surface area contributed by atoms with E-state index in [9.17, 15) is 17.2 Å². The van der Waals surface area contributed by atoms with Crippen molar-refractivity contribution in [1.82, 2.24) is 4.72 Å². The summed E-state index contributed by atoms with van der Waals surface area (Å²) in [6, 6.07) is 11.9. The number of benzene rings is 2. The predicted octanol–water partition coefficient (Wildman–Crippen LogP) is 3.42. The zero-order valence-corrected chi connectivity index (χ0v) is 12.7. The first kappa shape index (κ1) is 16.7. The van der Waals surface area contributed by atoms with Crippen LogP contribution in [0.4, 0.5) is 8.78 Å². The molecule has 0 aromatic heterocycles. The summed E-state index contributed by atoms with van der Waals surface area (Å²) in [7, 11) is -3.86. The molecule has 2 aromatic carbocycles. The van der Waals surface area contributed by atoms with E-state index in [0.717, 1.165) is 0 Å². The van der Waals surface area contributed by atoms with Gasteiger partial charge >= 0.3 is 6.61 Å². The van der Waals surface area contributed by atoms with Crippen LogP contribution in [-0.2, 0) is 16.6 Å². The quantitative estimate of drug-likeness (QED) is 0.871. The largest absolute Gasteiger partial charge is 0.434 e. The van der Waals surface area contributed by atoms with Crippen molar-refractivity contribution in [3.8, 4) is 5.75 Å². The van der Waals surface area contributed by atoms with E-state index in [4.69, 9.17) is 11.6 Å². The predicted molar refractivity (Wildman–Crippen MR) is 78.6 cm³/mol. The minimum absolute atomic E-state index is 0.0760. The fourth-order valence-corrected chi connectivity index (χ4v) is 3.30. The molecule has 0 aliphatic carbocycles. The number of para-hydroxylation sites is 1. The summed E-state index contributed by atoms with van der Waals surface area (Å²) >= 11 is 5.85. The van der Waals surface area contributed by atoms with Crippen LogP contribution in [-0.4, -0.2) is 15.0 Å². The smallest absolute Gasteiger partial charge is 0.387 e. The maximum Gasteiger partial charge on any atom is 0.387 e. The number of halogens is 3. The molecule has 0 heterocycles. The minimum atomic E-state index is -3.86. The molecule has 1 N–H and O–H groups in total. The highest BCUT2D eigenvalue weighted by atomic mass is 35.5. The van der Waals surface area contributed by atoms with Gasteiger partial charge in [-0.1, -0.05) is 41.9 Å². The Labute approximate surface area is 131 Å². The summed E-state index contributed by atoms with van der Waals surface area (Å²) < 4.78 is 55.6. The first-order valence-electron chi connectivity index (χ1n) is 6.17. The van der Waals surface area contributed by atoms with Gasteiger partial charge in [-0.2, -0.15) is 8.78 Å². The fraction of sp³-hybridized carbons (Fsp3) is 0.143. The zero-order valence-electron chi connectivity index (χ0n) is 11.2. The van der Waals surface area contributed by atoms with E-state index >= 15 is 0 Å². The molecule has 0 aliphatic heterocycles. The van der Waals surface area contributed by atoms with Crippen LogP contribution in [0.15, 0.2) is 53.4 Å². The molecule has 2 aromatic rings. The molecule has 0 unspecified atom stereocenters. The Morgan fingerprint density at radius 2 is 1.73 bits per heavy atom. The van der Waals surface area contributed by atoms with Crippen molar-refractivity contribution in [2.24, 2.45) is 0 Å². The van der Waals surface area contributed by atoms with E-state index in [2.05, 4.69) is 9.46 Å². The van der Waals surface area contributed by atoms with Crippen LogP contribution in [0.5, 0.6) is 5.75 Å². The van der Waals surface area contributed by atoms with Gasteiger partial charge in [0.25, 0.3) is 0 Å². The lowest BCUT2D eigenvalue weighted by Crippen LogP contribution is -2.24. The van der Waals surface area contributed by atoms with Crippen molar-refractivity contribution in [2.75, 3.05) is 0 Å². The Morgan fingerprint density at radius 3 is 2.41 bits per heavy atom. The molecule has 0 aliphatic rings. The molecule has 0 radical (unpaired) electrons. The number of rotatable bonds is 6. The van der Waals surface area contributed by atoms with Crippen molar-refractivity contribution in [3.63, 3.8) is 0 Å². The maximum atomic E-state index is 12.3. The molecule has 0 atom stereocenters. The number of nitrogens with one attached hydrogen (secondary N) is 1. The molecular formula is C14H12ClF2NO3S. The van der Waals surface area contributed by atoms with Crippen molar-refractivity contribution in [1.29, 1.82) is 0 Å². The summed E-state index contributed by atoms with van der Waals surface area (Å²) in [6.07, 6.45) is 0. The van der Waals surface area contributed by atoms with E-state index in [0.29, 0.717) is 5.56 Å². The molecule has 22 heavy (non-hydrogen) atoms. The summed E-state index contributed by atoms with van der Waals surface area (Å²) in [6.45, 7) is -3.18. The lowest BCUT2D eigenvalue weighted by molar-refractivity contribution is -0.0504. The third-order valence-electron chi connectivity index (χ3n) is 2.77. The van der Waals surface area contributed by atoms with Gasteiger partial charge in [-0.15, -0.1) is 0 Å². The van der Waals surface area contributed by atoms with Gasteiger partial charge < -0.3 is 4.74 Å². The second kappa shape index (κ2) is 7.04. The van der Waals surface area contributed by atoms with Gasteiger partial charge in [0.2, 0.25) is 10.0 Å². The van der Waals surface area contributed by atoms with E-state index < -0.39 is 16.6 Å². The first-order valence-corrected chi connectivity index (χ1v) is 8.03. The Balaban J connectivity index is 2.18. The topological polar surface area (TPSA) is 55.4 Å². The Kier molecular flexibility index (Phi) is 5.33. The van der Waals surface area contributed by atoms with Gasteiger partial charge in [-0.05, 0) is 18.2 Å². The first-order chi connectivity index (χ1) is 10.4. The molecule has 4 nitrogen and oxygen atoms in total. The second-order valence-electron chi connectivity index (χ2n) is 4.24. The van der Waals surface area contributed by atoms with Crippen molar-refractivity contribution < 1.29 is 21.9 Å². The molecule has 8 heteroatoms. The standard InChI is InChI=1S/C14H12ClF2NO3S/c15-11-6-2-4-8-13(11)22(19,20)18-9-10-5-1-3-7-12(10)21-14(16)17/h1-8,14,18H,9H2. The average molecular weight is 348 g/mol. The average Bonchev–Trinajstić information content (AvgIpc) is 2.46. The monoisotopic (exact) mass is 347 g/mol. The lowest BCUT2D eigenvalue weighted by Gasteiger charge is -2.12. The van der Waals surface area contributed by atoms with Gasteiger partial charge in [-0.25, -0.2) is 13.1 Å². The van der Waals surface area contributed by atoms with Crippen molar-refractivity contribution in [3.05, 3.63) is 59.1 Å². The third-order valence-corrected chi connectivity index (χ3v) is 4.67. The van der Waals surface area contributed by atoms with Crippen LogP contribution < -0.4 is 9.46 Å². The van der Waals surface area contributed by atoms with Crippen LogP contribution in [0.2, 0.25) is 5.02 Å². The number of hydrogen-bond acceptors (Lipinski definition) is 3. The summed E-state index contributed by atoms with van der Waals surface area (Å²) in [4.78, 5) is -0.0797. The number of hydrogen-bond donors (Lipinski definition) is 1. The Morgan fingerprint density at radius 1 is 1.09 bits per heavy atom. The van der Waals surface area contributed by atoms with Crippen molar-refractivity contribution in [2.45, 2.75) is 18.1 Å². The van der Waals surface area contributed by atoms with Gasteiger partial charge in [0.15, 0.2) is 0 Å². The highest BCUT2D eigenvalue weighted by Gasteiger charge is 2.18. The lowest BCUT2D eigenvalue weighted by atomic mass is 10.2.